The molecular weight excluding hydrogens is 408 g/mol. The lowest BCUT2D eigenvalue weighted by Crippen LogP contribution is -2.19. The van der Waals surface area contributed by atoms with Gasteiger partial charge in [0.25, 0.3) is 5.91 Å². The van der Waals surface area contributed by atoms with E-state index < -0.39 is 5.91 Å². The lowest BCUT2D eigenvalue weighted by Gasteiger charge is -2.07. The van der Waals surface area contributed by atoms with E-state index in [1.54, 1.807) is 38.6 Å². The molecule has 0 radical (unpaired) electrons. The first kappa shape index (κ1) is 21.3. The van der Waals surface area contributed by atoms with Gasteiger partial charge in [0.15, 0.2) is 0 Å². The fourth-order valence-electron chi connectivity index (χ4n) is 2.96. The summed E-state index contributed by atoms with van der Waals surface area (Å²) in [6, 6.07) is 12.9. The standard InChI is InChI=1S/C24H24N4O4/c1-30-20-9-17(10-21(11-20)31-2)12-26-28-24(29)23-14-25-13-22(27-23)18-5-7-19(8-6-18)32-15-16-3-4-16/h5-14,16H,3-4,15H2,1-2H3,(H,28,29)/b26-12+. The molecule has 4 rings (SSSR count). The topological polar surface area (TPSA) is 94.9 Å². The van der Waals surface area contributed by atoms with Gasteiger partial charge in [0, 0.05) is 17.2 Å². The zero-order chi connectivity index (χ0) is 22.3. The van der Waals surface area contributed by atoms with Gasteiger partial charge >= 0.3 is 0 Å². The number of hydrogen-bond donors (Lipinski definition) is 1. The molecule has 1 saturated carbocycles. The normalized spacial score (nSPS) is 13.1. The van der Waals surface area contributed by atoms with Gasteiger partial charge < -0.3 is 14.2 Å². The number of hydrazone groups is 1. The van der Waals surface area contributed by atoms with Crippen LogP contribution in [0.4, 0.5) is 0 Å². The maximum absolute atomic E-state index is 12.5. The molecule has 0 spiro atoms. The molecule has 1 N–H and O–H groups in total. The summed E-state index contributed by atoms with van der Waals surface area (Å²) in [5, 5.41) is 4.00. The average Bonchev–Trinajstić information content (AvgIpc) is 3.67. The zero-order valence-corrected chi connectivity index (χ0v) is 17.9. The van der Waals surface area contributed by atoms with E-state index in [0.717, 1.165) is 17.9 Å². The number of carbonyl (C=O) groups excluding carboxylic acids is 1. The van der Waals surface area contributed by atoms with Gasteiger partial charge in [-0.25, -0.2) is 10.4 Å². The van der Waals surface area contributed by atoms with E-state index in [0.29, 0.717) is 28.7 Å². The van der Waals surface area contributed by atoms with Gasteiger partial charge in [0.1, 0.15) is 22.9 Å². The molecule has 3 aromatic rings. The highest BCUT2D eigenvalue weighted by atomic mass is 16.5. The maximum atomic E-state index is 12.5. The molecule has 0 atom stereocenters. The van der Waals surface area contributed by atoms with Crippen molar-refractivity contribution in [2.24, 2.45) is 11.0 Å². The summed E-state index contributed by atoms with van der Waals surface area (Å²) in [5.74, 6) is 2.31. The molecule has 32 heavy (non-hydrogen) atoms. The van der Waals surface area contributed by atoms with Crippen molar-refractivity contribution in [2.45, 2.75) is 12.8 Å². The van der Waals surface area contributed by atoms with Crippen LogP contribution in [0.1, 0.15) is 28.9 Å². The lowest BCUT2D eigenvalue weighted by molar-refractivity contribution is 0.0950. The van der Waals surface area contributed by atoms with E-state index in [-0.39, 0.29) is 5.69 Å². The number of nitrogens with one attached hydrogen (secondary N) is 1. The number of rotatable bonds is 9. The molecule has 1 fully saturated rings. The van der Waals surface area contributed by atoms with E-state index in [4.69, 9.17) is 14.2 Å². The fraction of sp³-hybridized carbons (Fsp3) is 0.250. The van der Waals surface area contributed by atoms with Crippen LogP contribution in [0.3, 0.4) is 0 Å². The second kappa shape index (κ2) is 9.91. The molecule has 1 aliphatic rings. The Morgan fingerprint density at radius 1 is 1.06 bits per heavy atom. The van der Waals surface area contributed by atoms with Crippen LogP contribution in [0.5, 0.6) is 17.2 Å². The third-order valence-electron chi connectivity index (χ3n) is 4.95. The Kier molecular flexibility index (Phi) is 6.60. The first-order valence-corrected chi connectivity index (χ1v) is 10.3. The highest BCUT2D eigenvalue weighted by Crippen LogP contribution is 2.30. The predicted molar refractivity (Wildman–Crippen MR) is 120 cm³/mol. The van der Waals surface area contributed by atoms with E-state index in [9.17, 15) is 4.79 Å². The van der Waals surface area contributed by atoms with Crippen LogP contribution in [0.2, 0.25) is 0 Å². The molecule has 2 aromatic carbocycles. The van der Waals surface area contributed by atoms with Gasteiger partial charge in [-0.15, -0.1) is 0 Å². The number of benzene rings is 2. The Morgan fingerprint density at radius 2 is 1.78 bits per heavy atom. The molecule has 1 aromatic heterocycles. The number of carbonyl (C=O) groups is 1. The third kappa shape index (κ3) is 5.60. The summed E-state index contributed by atoms with van der Waals surface area (Å²) in [5.41, 5.74) is 4.78. The number of amides is 1. The van der Waals surface area contributed by atoms with Crippen LogP contribution in [0.15, 0.2) is 60.0 Å². The molecule has 0 saturated heterocycles. The van der Waals surface area contributed by atoms with Crippen molar-refractivity contribution in [1.29, 1.82) is 0 Å². The first-order chi connectivity index (χ1) is 15.6. The summed E-state index contributed by atoms with van der Waals surface area (Å²) in [4.78, 5) is 21.0. The second-order valence-corrected chi connectivity index (χ2v) is 7.41. The van der Waals surface area contributed by atoms with Crippen LogP contribution >= 0.6 is 0 Å². The largest absolute Gasteiger partial charge is 0.497 e. The lowest BCUT2D eigenvalue weighted by atomic mass is 10.1. The SMILES string of the molecule is COc1cc(/C=N/NC(=O)c2cncc(-c3ccc(OCC4CC4)cc3)n2)cc(OC)c1. The monoisotopic (exact) mass is 432 g/mol. The minimum absolute atomic E-state index is 0.164. The van der Waals surface area contributed by atoms with Crippen LogP contribution in [0.25, 0.3) is 11.3 Å². The Labute approximate surface area is 186 Å². The van der Waals surface area contributed by atoms with E-state index in [1.165, 1.54) is 25.3 Å². The molecule has 0 unspecified atom stereocenters. The molecule has 1 heterocycles. The molecule has 8 nitrogen and oxygen atoms in total. The minimum Gasteiger partial charge on any atom is -0.497 e. The quantitative estimate of drug-likeness (QED) is 0.409. The highest BCUT2D eigenvalue weighted by molar-refractivity contribution is 5.93. The van der Waals surface area contributed by atoms with Crippen LogP contribution in [0, 0.1) is 5.92 Å². The highest BCUT2D eigenvalue weighted by Gasteiger charge is 2.21. The van der Waals surface area contributed by atoms with Crippen LogP contribution in [-0.4, -0.2) is 42.9 Å². The Balaban J connectivity index is 1.40. The molecule has 8 heteroatoms. The van der Waals surface area contributed by atoms with Crippen molar-refractivity contribution < 1.29 is 19.0 Å². The number of methoxy groups -OCH3 is 2. The maximum Gasteiger partial charge on any atom is 0.291 e. The number of hydrogen-bond acceptors (Lipinski definition) is 7. The first-order valence-electron chi connectivity index (χ1n) is 10.3. The van der Waals surface area contributed by atoms with Crippen molar-refractivity contribution in [3.05, 3.63) is 66.1 Å². The number of ether oxygens (including phenoxy) is 3. The van der Waals surface area contributed by atoms with Crippen LogP contribution < -0.4 is 19.6 Å². The zero-order valence-electron chi connectivity index (χ0n) is 17.9. The van der Waals surface area contributed by atoms with E-state index in [1.807, 2.05) is 24.3 Å². The molecular formula is C24H24N4O4. The summed E-state index contributed by atoms with van der Waals surface area (Å²) in [6.07, 6.45) is 7.01. The molecule has 1 amide bonds. The van der Waals surface area contributed by atoms with Gasteiger partial charge in [0.2, 0.25) is 0 Å². The van der Waals surface area contributed by atoms with Gasteiger partial charge in [-0.2, -0.15) is 5.10 Å². The summed E-state index contributed by atoms with van der Waals surface area (Å²) in [6.45, 7) is 0.762. The smallest absolute Gasteiger partial charge is 0.291 e. The molecule has 164 valence electrons. The second-order valence-electron chi connectivity index (χ2n) is 7.41. The summed E-state index contributed by atoms with van der Waals surface area (Å²) >= 11 is 0. The van der Waals surface area contributed by atoms with Crippen molar-refractivity contribution in [1.82, 2.24) is 15.4 Å². The minimum atomic E-state index is -0.463. The Morgan fingerprint density at radius 3 is 2.44 bits per heavy atom. The van der Waals surface area contributed by atoms with Crippen molar-refractivity contribution in [2.75, 3.05) is 20.8 Å². The third-order valence-corrected chi connectivity index (χ3v) is 4.95. The van der Waals surface area contributed by atoms with Crippen molar-refractivity contribution in [3.63, 3.8) is 0 Å². The van der Waals surface area contributed by atoms with E-state index >= 15 is 0 Å². The van der Waals surface area contributed by atoms with E-state index in [2.05, 4.69) is 20.5 Å². The van der Waals surface area contributed by atoms with Crippen molar-refractivity contribution >= 4 is 12.1 Å². The predicted octanol–water partition coefficient (Wildman–Crippen LogP) is 3.71. The van der Waals surface area contributed by atoms with Gasteiger partial charge in [-0.05, 0) is 55.2 Å². The van der Waals surface area contributed by atoms with Crippen molar-refractivity contribution in [3.8, 4) is 28.5 Å². The summed E-state index contributed by atoms with van der Waals surface area (Å²) in [7, 11) is 3.13. The van der Waals surface area contributed by atoms with Crippen LogP contribution in [-0.2, 0) is 0 Å². The van der Waals surface area contributed by atoms with Gasteiger partial charge in [-0.3, -0.25) is 9.78 Å². The number of nitrogens with zero attached hydrogens (tertiary/aromatic N) is 3. The molecule has 0 bridgehead atoms. The van der Waals surface area contributed by atoms with Gasteiger partial charge in [-0.1, -0.05) is 0 Å². The molecule has 0 aliphatic heterocycles. The number of aromatic nitrogens is 2. The Bertz CT molecular complexity index is 1090. The average molecular weight is 432 g/mol. The Hall–Kier alpha value is -3.94. The fourth-order valence-corrected chi connectivity index (χ4v) is 2.96. The molecule has 1 aliphatic carbocycles. The summed E-state index contributed by atoms with van der Waals surface area (Å²) < 4.78 is 16.2. The van der Waals surface area contributed by atoms with Gasteiger partial charge in [0.05, 0.1) is 45.1 Å².